The van der Waals surface area contributed by atoms with E-state index in [2.05, 4.69) is 20.6 Å². The third-order valence-electron chi connectivity index (χ3n) is 5.23. The number of pyridine rings is 1. The number of aromatic nitrogens is 4. The summed E-state index contributed by atoms with van der Waals surface area (Å²) in [6.07, 6.45) is -3.32. The summed E-state index contributed by atoms with van der Waals surface area (Å²) in [5, 5.41) is 10.2. The van der Waals surface area contributed by atoms with E-state index in [-0.39, 0.29) is 35.4 Å². The number of carbonyl (C=O) groups is 2. The average Bonchev–Trinajstić information content (AvgIpc) is 3.32. The minimum absolute atomic E-state index is 0.0737. The normalized spacial score (nSPS) is 12.2. The van der Waals surface area contributed by atoms with Crippen molar-refractivity contribution in [2.75, 3.05) is 11.1 Å². The van der Waals surface area contributed by atoms with E-state index < -0.39 is 29.2 Å². The Bertz CT molecular complexity index is 1210. The van der Waals surface area contributed by atoms with Crippen LogP contribution < -0.4 is 16.8 Å². The molecule has 3 rings (SSSR count). The van der Waals surface area contributed by atoms with Crippen molar-refractivity contribution in [3.8, 4) is 11.3 Å². The van der Waals surface area contributed by atoms with Crippen LogP contribution in [0.2, 0.25) is 0 Å². The number of nitrogen functional groups attached to an aromatic ring is 1. The maximum atomic E-state index is 13.1. The monoisotopic (exact) mass is 479 g/mol. The van der Waals surface area contributed by atoms with Gasteiger partial charge in [-0.2, -0.15) is 18.3 Å². The van der Waals surface area contributed by atoms with Crippen LogP contribution in [0.5, 0.6) is 0 Å². The van der Waals surface area contributed by atoms with E-state index in [9.17, 15) is 22.8 Å². The third kappa shape index (κ3) is 4.72. The molecule has 0 aliphatic carbocycles. The molecule has 2 amide bonds. The average molecular weight is 479 g/mol. The molecule has 0 bridgehead atoms. The van der Waals surface area contributed by atoms with Gasteiger partial charge in [0.1, 0.15) is 22.5 Å². The fourth-order valence-electron chi connectivity index (χ4n) is 3.08. The van der Waals surface area contributed by atoms with E-state index in [1.807, 2.05) is 13.8 Å². The summed E-state index contributed by atoms with van der Waals surface area (Å²) in [6.45, 7) is 5.60. The lowest BCUT2D eigenvalue weighted by atomic mass is 9.89. The number of halogens is 3. The predicted molar refractivity (Wildman–Crippen MR) is 117 cm³/mol. The summed E-state index contributed by atoms with van der Waals surface area (Å²) in [7, 11) is 0. The van der Waals surface area contributed by atoms with Gasteiger partial charge in [0, 0.05) is 29.6 Å². The second-order valence-corrected chi connectivity index (χ2v) is 8.47. The first-order chi connectivity index (χ1) is 15.7. The van der Waals surface area contributed by atoms with Crippen molar-refractivity contribution in [3.63, 3.8) is 0 Å². The quantitative estimate of drug-likeness (QED) is 0.470. The van der Waals surface area contributed by atoms with Gasteiger partial charge < -0.3 is 21.3 Å². The van der Waals surface area contributed by atoms with Gasteiger partial charge in [-0.1, -0.05) is 5.16 Å². The summed E-state index contributed by atoms with van der Waals surface area (Å²) < 4.78 is 45.7. The van der Waals surface area contributed by atoms with Gasteiger partial charge in [0.2, 0.25) is 5.91 Å². The summed E-state index contributed by atoms with van der Waals surface area (Å²) in [5.41, 5.74) is 10.4. The SMILES string of the molecule is CC(C)n1nc(-c2ccc(CC(=O)Nc3cc(C(C)(C)C(F)(F)F)on3)nc2)c(C(N)=O)c1N. The first-order valence-corrected chi connectivity index (χ1v) is 10.2. The molecule has 0 atom stereocenters. The number of carbonyl (C=O) groups excluding carboxylic acids is 2. The summed E-state index contributed by atoms with van der Waals surface area (Å²) >= 11 is 0. The second-order valence-electron chi connectivity index (χ2n) is 8.47. The number of anilines is 2. The highest BCUT2D eigenvalue weighted by Gasteiger charge is 2.51. The van der Waals surface area contributed by atoms with Gasteiger partial charge in [-0.3, -0.25) is 14.6 Å². The van der Waals surface area contributed by atoms with Crippen molar-refractivity contribution in [2.45, 2.75) is 51.7 Å². The molecule has 0 saturated heterocycles. The minimum atomic E-state index is -4.55. The van der Waals surface area contributed by atoms with Gasteiger partial charge in [0.05, 0.1) is 6.42 Å². The maximum absolute atomic E-state index is 13.1. The Kier molecular flexibility index (Phi) is 6.40. The number of rotatable bonds is 7. The molecule has 0 aliphatic heterocycles. The molecule has 182 valence electrons. The molecular formula is C21H24F3N7O3. The number of hydrogen-bond donors (Lipinski definition) is 3. The Hall–Kier alpha value is -3.90. The highest BCUT2D eigenvalue weighted by atomic mass is 19.4. The number of primary amides is 1. The summed E-state index contributed by atoms with van der Waals surface area (Å²) in [5.74, 6) is -1.72. The lowest BCUT2D eigenvalue weighted by Gasteiger charge is -2.24. The number of alkyl halides is 3. The molecule has 0 aliphatic rings. The van der Waals surface area contributed by atoms with Crippen LogP contribution in [0.15, 0.2) is 28.9 Å². The van der Waals surface area contributed by atoms with Crippen LogP contribution >= 0.6 is 0 Å². The molecule has 0 fully saturated rings. The van der Waals surface area contributed by atoms with Gasteiger partial charge in [-0.15, -0.1) is 0 Å². The highest BCUT2D eigenvalue weighted by molar-refractivity contribution is 6.03. The van der Waals surface area contributed by atoms with E-state index in [0.717, 1.165) is 19.9 Å². The van der Waals surface area contributed by atoms with Crippen LogP contribution in [-0.4, -0.2) is 37.9 Å². The van der Waals surface area contributed by atoms with E-state index in [0.29, 0.717) is 11.3 Å². The molecule has 3 heterocycles. The van der Waals surface area contributed by atoms with Crippen molar-refractivity contribution in [2.24, 2.45) is 5.73 Å². The first kappa shape index (κ1) is 24.7. The van der Waals surface area contributed by atoms with Crippen molar-refractivity contribution in [3.05, 3.63) is 41.4 Å². The minimum Gasteiger partial charge on any atom is -0.383 e. The van der Waals surface area contributed by atoms with Gasteiger partial charge in [-0.25, -0.2) is 4.68 Å². The zero-order valence-corrected chi connectivity index (χ0v) is 18.9. The van der Waals surface area contributed by atoms with Gasteiger partial charge in [0.25, 0.3) is 5.91 Å². The van der Waals surface area contributed by atoms with E-state index in [4.69, 9.17) is 16.0 Å². The molecule has 34 heavy (non-hydrogen) atoms. The van der Waals surface area contributed by atoms with Gasteiger partial charge in [-0.05, 0) is 39.8 Å². The Morgan fingerprint density at radius 2 is 1.91 bits per heavy atom. The number of nitrogens with two attached hydrogens (primary N) is 2. The van der Waals surface area contributed by atoms with Crippen LogP contribution in [0.25, 0.3) is 11.3 Å². The number of amides is 2. The van der Waals surface area contributed by atoms with Crippen LogP contribution in [0.3, 0.4) is 0 Å². The third-order valence-corrected chi connectivity index (χ3v) is 5.23. The number of nitrogens with one attached hydrogen (secondary N) is 1. The Labute approximate surface area is 192 Å². The van der Waals surface area contributed by atoms with Crippen molar-refractivity contribution in [1.29, 1.82) is 0 Å². The highest BCUT2D eigenvalue weighted by Crippen LogP contribution is 2.41. The predicted octanol–water partition coefficient (Wildman–Crippen LogP) is 3.22. The number of nitrogens with zero attached hydrogens (tertiary/aromatic N) is 4. The molecule has 3 aromatic rings. The fourth-order valence-corrected chi connectivity index (χ4v) is 3.08. The lowest BCUT2D eigenvalue weighted by Crippen LogP contribution is -2.35. The van der Waals surface area contributed by atoms with E-state index in [1.54, 1.807) is 12.1 Å². The fraction of sp³-hybridized carbons (Fsp3) is 0.381. The molecule has 0 unspecified atom stereocenters. The van der Waals surface area contributed by atoms with Crippen molar-refractivity contribution < 1.29 is 27.3 Å². The van der Waals surface area contributed by atoms with Crippen LogP contribution in [0, 0.1) is 0 Å². The van der Waals surface area contributed by atoms with Gasteiger partial charge in [0.15, 0.2) is 11.6 Å². The van der Waals surface area contributed by atoms with E-state index in [1.165, 1.54) is 10.9 Å². The molecular weight excluding hydrogens is 455 g/mol. The van der Waals surface area contributed by atoms with Crippen molar-refractivity contribution >= 4 is 23.5 Å². The molecule has 0 saturated carbocycles. The van der Waals surface area contributed by atoms with Crippen LogP contribution in [0.1, 0.15) is 55.5 Å². The van der Waals surface area contributed by atoms with E-state index >= 15 is 0 Å². The molecule has 10 nitrogen and oxygen atoms in total. The first-order valence-electron chi connectivity index (χ1n) is 10.2. The smallest absolute Gasteiger partial charge is 0.383 e. The lowest BCUT2D eigenvalue weighted by molar-refractivity contribution is -0.185. The van der Waals surface area contributed by atoms with Crippen molar-refractivity contribution in [1.82, 2.24) is 19.9 Å². The topological polar surface area (TPSA) is 155 Å². The molecule has 0 spiro atoms. The Morgan fingerprint density at radius 3 is 2.44 bits per heavy atom. The summed E-state index contributed by atoms with van der Waals surface area (Å²) in [6, 6.07) is 4.07. The maximum Gasteiger partial charge on any atom is 0.401 e. The molecule has 0 aromatic carbocycles. The van der Waals surface area contributed by atoms with Crippen LogP contribution in [-0.2, 0) is 16.6 Å². The molecule has 13 heteroatoms. The zero-order valence-electron chi connectivity index (χ0n) is 18.9. The largest absolute Gasteiger partial charge is 0.401 e. The molecule has 3 aromatic heterocycles. The Balaban J connectivity index is 1.74. The number of hydrogen-bond acceptors (Lipinski definition) is 7. The standard InChI is InChI=1S/C21H24F3N7O3/c1-10(2)31-18(25)16(19(26)33)17(29-31)11-5-6-12(27-9-11)7-15(32)28-14-8-13(34-30-14)20(3,4)21(22,23)24/h5-6,8-10H,7,25H2,1-4H3,(H2,26,33)(H,28,30,32). The van der Waals surface area contributed by atoms with Gasteiger partial charge >= 0.3 is 6.18 Å². The second kappa shape index (κ2) is 8.80. The molecule has 5 N–H and O–H groups in total. The van der Waals surface area contributed by atoms with Crippen LogP contribution in [0.4, 0.5) is 24.8 Å². The zero-order chi connectivity index (χ0) is 25.4. The molecule has 0 radical (unpaired) electrons. The Morgan fingerprint density at radius 1 is 1.24 bits per heavy atom. The summed E-state index contributed by atoms with van der Waals surface area (Å²) in [4.78, 5) is 28.4.